The molecule has 20 heavy (non-hydrogen) atoms. The highest BCUT2D eigenvalue weighted by molar-refractivity contribution is 5.77. The van der Waals surface area contributed by atoms with Crippen LogP contribution < -0.4 is 4.74 Å². The Morgan fingerprint density at radius 3 is 2.80 bits per heavy atom. The number of ether oxygens (including phenoxy) is 1. The van der Waals surface area contributed by atoms with Crippen molar-refractivity contribution in [3.05, 3.63) is 23.3 Å². The largest absolute Gasteiger partial charge is 0.504 e. The second kappa shape index (κ2) is 6.27. The molecule has 2 N–H and O–H groups in total. The third-order valence-corrected chi connectivity index (χ3v) is 4.35. The van der Waals surface area contributed by atoms with Gasteiger partial charge in [0.15, 0.2) is 11.5 Å². The molecule has 110 valence electrons. The minimum atomic E-state index is -0.255. The molecule has 0 aliphatic heterocycles. The van der Waals surface area contributed by atoms with Crippen molar-refractivity contribution in [3.63, 3.8) is 0 Å². The Bertz CT molecular complexity index is 484. The number of aldehydes is 1. The Morgan fingerprint density at radius 2 is 2.15 bits per heavy atom. The maximum absolute atomic E-state index is 11.0. The van der Waals surface area contributed by atoms with Crippen LogP contribution in [0.4, 0.5) is 0 Å². The van der Waals surface area contributed by atoms with E-state index in [9.17, 15) is 15.0 Å². The van der Waals surface area contributed by atoms with Crippen molar-refractivity contribution >= 4 is 6.29 Å². The molecule has 0 radical (unpaired) electrons. The molecule has 0 aromatic heterocycles. The van der Waals surface area contributed by atoms with E-state index in [0.29, 0.717) is 29.6 Å². The molecule has 1 aliphatic carbocycles. The van der Waals surface area contributed by atoms with Gasteiger partial charge < -0.3 is 14.9 Å². The summed E-state index contributed by atoms with van der Waals surface area (Å²) in [6, 6.07) is 3.24. The van der Waals surface area contributed by atoms with Gasteiger partial charge in [-0.2, -0.15) is 0 Å². The molecule has 1 aliphatic rings. The minimum Gasteiger partial charge on any atom is -0.504 e. The van der Waals surface area contributed by atoms with Crippen molar-refractivity contribution in [1.29, 1.82) is 0 Å². The van der Waals surface area contributed by atoms with Gasteiger partial charge in [-0.1, -0.05) is 6.92 Å². The maximum Gasteiger partial charge on any atom is 0.161 e. The molecule has 0 spiro atoms. The molecule has 0 amide bonds. The van der Waals surface area contributed by atoms with E-state index in [1.54, 1.807) is 6.07 Å². The lowest BCUT2D eigenvalue weighted by Gasteiger charge is -2.32. The lowest BCUT2D eigenvalue weighted by molar-refractivity contribution is 0.0738. The van der Waals surface area contributed by atoms with Gasteiger partial charge in [0.2, 0.25) is 0 Å². The van der Waals surface area contributed by atoms with Crippen LogP contribution in [0.3, 0.4) is 0 Å². The molecule has 1 aromatic carbocycles. The number of hydrogen-bond acceptors (Lipinski definition) is 4. The van der Waals surface area contributed by atoms with E-state index in [2.05, 4.69) is 6.92 Å². The van der Waals surface area contributed by atoms with Crippen LogP contribution in [0.25, 0.3) is 0 Å². The Labute approximate surface area is 119 Å². The molecule has 3 atom stereocenters. The zero-order chi connectivity index (χ0) is 14.7. The van der Waals surface area contributed by atoms with Crippen LogP contribution in [0.5, 0.6) is 11.5 Å². The molecule has 1 saturated carbocycles. The van der Waals surface area contributed by atoms with Gasteiger partial charge in [-0.05, 0) is 55.2 Å². The standard InChI is InChI=1S/C16H22O4/c1-10-3-4-14(18)8-12(10)7-13-5-11(9-17)6-15(20-2)16(13)19/h5-6,9-10,12,14,18-19H,3-4,7-8H2,1-2H3/t10-,12+,14+/m0/s1. The molecule has 1 fully saturated rings. The lowest BCUT2D eigenvalue weighted by Crippen LogP contribution is -2.27. The number of aromatic hydroxyl groups is 1. The summed E-state index contributed by atoms with van der Waals surface area (Å²) in [6.07, 6.45) is 3.74. The predicted molar refractivity (Wildman–Crippen MR) is 76.3 cm³/mol. The molecule has 4 heteroatoms. The number of hydrogen-bond donors (Lipinski definition) is 2. The highest BCUT2D eigenvalue weighted by atomic mass is 16.5. The van der Waals surface area contributed by atoms with Gasteiger partial charge in [-0.15, -0.1) is 0 Å². The number of phenols is 1. The fraction of sp³-hybridized carbons (Fsp3) is 0.562. The van der Waals surface area contributed by atoms with Crippen molar-refractivity contribution in [2.24, 2.45) is 11.8 Å². The van der Waals surface area contributed by atoms with Crippen LogP contribution in [0.1, 0.15) is 42.1 Å². The summed E-state index contributed by atoms with van der Waals surface area (Å²) in [4.78, 5) is 11.0. The van der Waals surface area contributed by atoms with Crippen LogP contribution in [0.15, 0.2) is 12.1 Å². The van der Waals surface area contributed by atoms with Crippen LogP contribution in [0.2, 0.25) is 0 Å². The average Bonchev–Trinajstić information content (AvgIpc) is 2.45. The van der Waals surface area contributed by atoms with Crippen LogP contribution in [-0.2, 0) is 6.42 Å². The second-order valence-electron chi connectivity index (χ2n) is 5.76. The van der Waals surface area contributed by atoms with E-state index in [1.165, 1.54) is 13.2 Å². The quantitative estimate of drug-likeness (QED) is 0.831. The molecular weight excluding hydrogens is 256 g/mol. The number of rotatable bonds is 4. The molecule has 0 heterocycles. The second-order valence-corrected chi connectivity index (χ2v) is 5.76. The normalized spacial score (nSPS) is 26.2. The summed E-state index contributed by atoms with van der Waals surface area (Å²) in [7, 11) is 1.47. The summed E-state index contributed by atoms with van der Waals surface area (Å²) < 4.78 is 5.11. The van der Waals surface area contributed by atoms with Crippen molar-refractivity contribution in [1.82, 2.24) is 0 Å². The number of aliphatic hydroxyl groups is 1. The van der Waals surface area contributed by atoms with Gasteiger partial charge in [0.05, 0.1) is 13.2 Å². The zero-order valence-corrected chi connectivity index (χ0v) is 12.0. The molecule has 2 rings (SSSR count). The summed E-state index contributed by atoms with van der Waals surface area (Å²) in [5, 5.41) is 20.0. The smallest absolute Gasteiger partial charge is 0.161 e. The number of carbonyl (C=O) groups is 1. The summed E-state index contributed by atoms with van der Waals surface area (Å²) in [6.45, 7) is 2.18. The first-order valence-electron chi connectivity index (χ1n) is 7.08. The van der Waals surface area contributed by atoms with E-state index >= 15 is 0 Å². The van der Waals surface area contributed by atoms with Crippen molar-refractivity contribution in [3.8, 4) is 11.5 Å². The monoisotopic (exact) mass is 278 g/mol. The molecule has 4 nitrogen and oxygen atoms in total. The Hall–Kier alpha value is -1.55. The van der Waals surface area contributed by atoms with E-state index < -0.39 is 0 Å². The number of carbonyl (C=O) groups excluding carboxylic acids is 1. The first kappa shape index (κ1) is 14.9. The SMILES string of the molecule is COc1cc(C=O)cc(C[C@@H]2C[C@H](O)CC[C@@H]2C)c1O. The third-order valence-electron chi connectivity index (χ3n) is 4.35. The van der Waals surface area contributed by atoms with E-state index in [-0.39, 0.29) is 11.9 Å². The number of phenolic OH excluding ortho intramolecular Hbond substituents is 1. The van der Waals surface area contributed by atoms with Gasteiger partial charge in [-0.3, -0.25) is 4.79 Å². The number of aliphatic hydroxyl groups excluding tert-OH is 1. The van der Waals surface area contributed by atoms with Gasteiger partial charge in [-0.25, -0.2) is 0 Å². The fourth-order valence-electron chi connectivity index (χ4n) is 3.03. The van der Waals surface area contributed by atoms with Gasteiger partial charge in [0.1, 0.15) is 6.29 Å². The number of methoxy groups -OCH3 is 1. The Balaban J connectivity index is 2.25. The Morgan fingerprint density at radius 1 is 1.40 bits per heavy atom. The number of benzene rings is 1. The van der Waals surface area contributed by atoms with Crippen molar-refractivity contribution < 1.29 is 19.7 Å². The van der Waals surface area contributed by atoms with E-state index in [4.69, 9.17) is 4.74 Å². The van der Waals surface area contributed by atoms with Crippen LogP contribution in [-0.4, -0.2) is 29.7 Å². The van der Waals surface area contributed by atoms with E-state index in [0.717, 1.165) is 31.1 Å². The lowest BCUT2D eigenvalue weighted by atomic mass is 9.76. The van der Waals surface area contributed by atoms with Crippen LogP contribution >= 0.6 is 0 Å². The van der Waals surface area contributed by atoms with E-state index in [1.807, 2.05) is 0 Å². The van der Waals surface area contributed by atoms with Crippen molar-refractivity contribution in [2.45, 2.75) is 38.7 Å². The summed E-state index contributed by atoms with van der Waals surface area (Å²) >= 11 is 0. The molecule has 0 saturated heterocycles. The third kappa shape index (κ3) is 3.12. The molecular formula is C16H22O4. The molecule has 0 bridgehead atoms. The summed E-state index contributed by atoms with van der Waals surface area (Å²) in [5.74, 6) is 1.25. The highest BCUT2D eigenvalue weighted by Gasteiger charge is 2.27. The summed E-state index contributed by atoms with van der Waals surface area (Å²) in [5.41, 5.74) is 1.22. The fourth-order valence-corrected chi connectivity index (χ4v) is 3.03. The van der Waals surface area contributed by atoms with Crippen LogP contribution in [0, 0.1) is 11.8 Å². The predicted octanol–water partition coefficient (Wildman–Crippen LogP) is 2.55. The zero-order valence-electron chi connectivity index (χ0n) is 12.0. The average molecular weight is 278 g/mol. The molecule has 0 unspecified atom stereocenters. The molecule has 1 aromatic rings. The maximum atomic E-state index is 11.0. The first-order chi connectivity index (χ1) is 9.55. The first-order valence-corrected chi connectivity index (χ1v) is 7.08. The topological polar surface area (TPSA) is 66.8 Å². The van der Waals surface area contributed by atoms with Crippen molar-refractivity contribution in [2.75, 3.05) is 7.11 Å². The van der Waals surface area contributed by atoms with Gasteiger partial charge >= 0.3 is 0 Å². The Kier molecular flexibility index (Phi) is 4.65. The van der Waals surface area contributed by atoms with Gasteiger partial charge in [0.25, 0.3) is 0 Å². The minimum absolute atomic E-state index is 0.102. The highest BCUT2D eigenvalue weighted by Crippen LogP contribution is 2.37. The van der Waals surface area contributed by atoms with Gasteiger partial charge in [0, 0.05) is 5.56 Å².